The highest BCUT2D eigenvalue weighted by Crippen LogP contribution is 2.49. The van der Waals surface area contributed by atoms with Gasteiger partial charge in [0.15, 0.2) is 0 Å². The van der Waals surface area contributed by atoms with E-state index in [-0.39, 0.29) is 0 Å². The summed E-state index contributed by atoms with van der Waals surface area (Å²) in [7, 11) is 0. The number of carbonyl (C=O) groups is 1. The van der Waals surface area contributed by atoms with Crippen molar-refractivity contribution in [3.05, 3.63) is 30.6 Å². The van der Waals surface area contributed by atoms with Crippen LogP contribution in [-0.4, -0.2) is 50.7 Å². The number of benzene rings is 1. The fraction of sp³-hybridized carbons (Fsp3) is 0.636. The van der Waals surface area contributed by atoms with Crippen LogP contribution in [0.1, 0.15) is 46.0 Å². The molecule has 2 fully saturated rings. The zero-order chi connectivity index (χ0) is 20.2. The molecule has 0 N–H and O–H groups in total. The highest BCUT2D eigenvalue weighted by atomic mass is 16.5. The van der Waals surface area contributed by atoms with E-state index in [2.05, 4.69) is 34.3 Å². The average molecular weight is 398 g/mol. The molecule has 7 nitrogen and oxygen atoms in total. The van der Waals surface area contributed by atoms with Gasteiger partial charge in [0.25, 0.3) is 0 Å². The van der Waals surface area contributed by atoms with Gasteiger partial charge in [-0.15, -0.1) is 5.10 Å². The Morgan fingerprint density at radius 2 is 1.97 bits per heavy atom. The molecule has 2 atom stereocenters. The van der Waals surface area contributed by atoms with E-state index >= 15 is 0 Å². The number of hydrogen-bond acceptors (Lipinski definition) is 5. The average Bonchev–Trinajstić information content (AvgIpc) is 3.28. The summed E-state index contributed by atoms with van der Waals surface area (Å²) in [6.45, 7) is 6.89. The van der Waals surface area contributed by atoms with Crippen molar-refractivity contribution in [2.24, 2.45) is 23.7 Å². The lowest BCUT2D eigenvalue weighted by Crippen LogP contribution is -2.39. The quantitative estimate of drug-likeness (QED) is 0.683. The van der Waals surface area contributed by atoms with Crippen molar-refractivity contribution in [2.45, 2.75) is 46.0 Å². The summed E-state index contributed by atoms with van der Waals surface area (Å²) in [5.41, 5.74) is 0.919. The van der Waals surface area contributed by atoms with Crippen LogP contribution in [-0.2, 0) is 4.79 Å². The molecule has 1 aliphatic carbocycles. The van der Waals surface area contributed by atoms with Crippen LogP contribution in [0.25, 0.3) is 5.69 Å². The number of nitrogens with zero attached hydrogens (tertiary/aromatic N) is 5. The second kappa shape index (κ2) is 8.93. The Morgan fingerprint density at radius 1 is 1.21 bits per heavy atom. The minimum atomic E-state index is 0.338. The molecule has 4 rings (SSSR count). The molecule has 2 aromatic rings. The molecule has 0 radical (unpaired) electrons. The maximum absolute atomic E-state index is 12.2. The molecule has 156 valence electrons. The highest BCUT2D eigenvalue weighted by Gasteiger charge is 2.43. The predicted octanol–water partition coefficient (Wildman–Crippen LogP) is 3.35. The first-order chi connectivity index (χ1) is 14.1. The fourth-order valence-corrected chi connectivity index (χ4v) is 4.54. The third kappa shape index (κ3) is 5.14. The summed E-state index contributed by atoms with van der Waals surface area (Å²) in [6, 6.07) is 7.84. The second-order valence-corrected chi connectivity index (χ2v) is 8.86. The van der Waals surface area contributed by atoms with Gasteiger partial charge in [-0.2, -0.15) is 0 Å². The molecular weight excluding hydrogens is 366 g/mol. The number of ether oxygens (including phenoxy) is 1. The van der Waals surface area contributed by atoms with Crippen molar-refractivity contribution in [3.8, 4) is 11.4 Å². The molecule has 1 aromatic heterocycles. The van der Waals surface area contributed by atoms with E-state index in [0.29, 0.717) is 18.2 Å². The fourth-order valence-electron chi connectivity index (χ4n) is 4.54. The molecule has 2 aliphatic rings. The number of rotatable bonds is 8. The third-order valence-corrected chi connectivity index (χ3v) is 6.27. The van der Waals surface area contributed by atoms with Gasteiger partial charge in [-0.3, -0.25) is 4.79 Å². The molecule has 1 saturated carbocycles. The summed E-state index contributed by atoms with van der Waals surface area (Å²) < 4.78 is 7.56. The molecule has 7 heteroatoms. The van der Waals surface area contributed by atoms with Crippen molar-refractivity contribution < 1.29 is 9.53 Å². The van der Waals surface area contributed by atoms with E-state index in [1.807, 2.05) is 24.3 Å². The summed E-state index contributed by atoms with van der Waals surface area (Å²) in [5.74, 6) is 4.09. The van der Waals surface area contributed by atoms with E-state index in [9.17, 15) is 4.79 Å². The molecule has 1 amide bonds. The van der Waals surface area contributed by atoms with E-state index in [4.69, 9.17) is 4.74 Å². The maximum Gasteiger partial charge on any atom is 0.222 e. The van der Waals surface area contributed by atoms with Crippen LogP contribution in [0, 0.1) is 23.7 Å². The topological polar surface area (TPSA) is 73.1 Å². The van der Waals surface area contributed by atoms with Crippen LogP contribution < -0.4 is 4.74 Å². The normalized spacial score (nSPS) is 22.1. The minimum absolute atomic E-state index is 0.338. The van der Waals surface area contributed by atoms with Crippen molar-refractivity contribution in [1.29, 1.82) is 0 Å². The minimum Gasteiger partial charge on any atom is -0.494 e. The van der Waals surface area contributed by atoms with Gasteiger partial charge in [-0.25, -0.2) is 4.68 Å². The Morgan fingerprint density at radius 3 is 2.62 bits per heavy atom. The van der Waals surface area contributed by atoms with Gasteiger partial charge in [0, 0.05) is 19.5 Å². The molecule has 0 unspecified atom stereocenters. The Kier molecular flexibility index (Phi) is 6.11. The first-order valence-corrected chi connectivity index (χ1v) is 10.8. The van der Waals surface area contributed by atoms with Crippen LogP contribution in [0.4, 0.5) is 0 Å². The van der Waals surface area contributed by atoms with Crippen LogP contribution in [0.2, 0.25) is 0 Å². The largest absolute Gasteiger partial charge is 0.494 e. The Balaban J connectivity index is 1.15. The maximum atomic E-state index is 12.2. The van der Waals surface area contributed by atoms with Crippen LogP contribution in [0.3, 0.4) is 0 Å². The van der Waals surface area contributed by atoms with Gasteiger partial charge in [0.05, 0.1) is 12.3 Å². The molecule has 1 saturated heterocycles. The molecule has 0 spiro atoms. The lowest BCUT2D eigenvalue weighted by Gasteiger charge is -2.33. The summed E-state index contributed by atoms with van der Waals surface area (Å²) in [6.07, 6.45) is 7.05. The number of piperidine rings is 1. The van der Waals surface area contributed by atoms with E-state index in [1.165, 1.54) is 19.3 Å². The second-order valence-electron chi connectivity index (χ2n) is 8.86. The van der Waals surface area contributed by atoms with Crippen molar-refractivity contribution in [1.82, 2.24) is 25.1 Å². The molecule has 2 heterocycles. The number of tetrazole rings is 1. The molecule has 29 heavy (non-hydrogen) atoms. The smallest absolute Gasteiger partial charge is 0.222 e. The number of likely N-dealkylation sites (tertiary alicyclic amines) is 1. The standard InChI is InChI=1S/C22H31N5O2/c1-16(2)13-22(28)26-10-7-17(8-11-26)21-14-18(21)9-12-29-20-5-3-19(4-6-20)27-15-23-24-25-27/h3-6,15-18,21H,7-14H2,1-2H3/t18-,21-/m1/s1. The van der Waals surface area contributed by atoms with Crippen molar-refractivity contribution >= 4 is 5.91 Å². The first kappa shape index (κ1) is 19.9. The van der Waals surface area contributed by atoms with Crippen molar-refractivity contribution in [3.63, 3.8) is 0 Å². The lowest BCUT2D eigenvalue weighted by atomic mass is 9.90. The Bertz CT molecular complexity index is 782. The zero-order valence-electron chi connectivity index (χ0n) is 17.4. The lowest BCUT2D eigenvalue weighted by molar-refractivity contribution is -0.133. The number of hydrogen-bond donors (Lipinski definition) is 0. The Hall–Kier alpha value is -2.44. The molecule has 0 bridgehead atoms. The number of carbonyl (C=O) groups excluding carboxylic acids is 1. The van der Waals surface area contributed by atoms with Crippen molar-refractivity contribution in [2.75, 3.05) is 19.7 Å². The van der Waals surface area contributed by atoms with Crippen LogP contribution in [0.15, 0.2) is 30.6 Å². The van der Waals surface area contributed by atoms with Crippen LogP contribution in [0.5, 0.6) is 5.75 Å². The summed E-state index contributed by atoms with van der Waals surface area (Å²) in [5, 5.41) is 11.2. The highest BCUT2D eigenvalue weighted by molar-refractivity contribution is 5.76. The molecule has 1 aliphatic heterocycles. The van der Waals surface area contributed by atoms with Gasteiger partial charge in [-0.05, 0) is 84.0 Å². The SMILES string of the molecule is CC(C)CC(=O)N1CCC([C@H]2C[C@H]2CCOc2ccc(-n3cnnn3)cc2)CC1. The van der Waals surface area contributed by atoms with Gasteiger partial charge < -0.3 is 9.64 Å². The summed E-state index contributed by atoms with van der Waals surface area (Å²) >= 11 is 0. The van der Waals surface area contributed by atoms with E-state index in [0.717, 1.165) is 55.3 Å². The van der Waals surface area contributed by atoms with Gasteiger partial charge in [-0.1, -0.05) is 13.8 Å². The van der Waals surface area contributed by atoms with Gasteiger partial charge in [0.1, 0.15) is 12.1 Å². The van der Waals surface area contributed by atoms with Crippen LogP contribution >= 0.6 is 0 Å². The number of amides is 1. The third-order valence-electron chi connectivity index (χ3n) is 6.27. The van der Waals surface area contributed by atoms with E-state index < -0.39 is 0 Å². The predicted molar refractivity (Wildman–Crippen MR) is 110 cm³/mol. The van der Waals surface area contributed by atoms with Gasteiger partial charge >= 0.3 is 0 Å². The van der Waals surface area contributed by atoms with Gasteiger partial charge in [0.2, 0.25) is 5.91 Å². The van der Waals surface area contributed by atoms with E-state index in [1.54, 1.807) is 11.0 Å². The monoisotopic (exact) mass is 397 g/mol. The zero-order valence-corrected chi connectivity index (χ0v) is 17.4. The number of aromatic nitrogens is 4. The Labute approximate surface area is 172 Å². The first-order valence-electron chi connectivity index (χ1n) is 10.8. The molecule has 1 aromatic carbocycles. The summed E-state index contributed by atoms with van der Waals surface area (Å²) in [4.78, 5) is 14.3. The molecular formula is C22H31N5O2.